The fraction of sp³-hybridized carbons (Fsp3) is 0.409. The lowest BCUT2D eigenvalue weighted by atomic mass is 10.1. The number of alkyl carbamates (subject to hydrolysis) is 1. The number of ether oxygens (including phenoxy) is 1. The van der Waals surface area contributed by atoms with E-state index in [1.807, 2.05) is 0 Å². The van der Waals surface area contributed by atoms with E-state index < -0.39 is 27.9 Å². The minimum absolute atomic E-state index is 0.0832. The molecule has 0 unspecified atom stereocenters. The maximum absolute atomic E-state index is 12.9. The quantitative estimate of drug-likeness (QED) is 0.610. The summed E-state index contributed by atoms with van der Waals surface area (Å²) >= 11 is 1.31. The number of aryl methyl sites for hydroxylation is 1. The third-order valence-electron chi connectivity index (χ3n) is 5.39. The summed E-state index contributed by atoms with van der Waals surface area (Å²) in [5.74, 6) is -1.11. The molecule has 1 aromatic heterocycles. The van der Waals surface area contributed by atoms with E-state index in [4.69, 9.17) is 4.74 Å². The molecule has 1 aromatic carbocycles. The molecule has 2 N–H and O–H groups in total. The Labute approximate surface area is 197 Å². The third kappa shape index (κ3) is 5.26. The van der Waals surface area contributed by atoms with Crippen molar-refractivity contribution in [3.05, 3.63) is 45.8 Å². The summed E-state index contributed by atoms with van der Waals surface area (Å²) in [6.45, 7) is 5.30. The number of nitrogens with one attached hydrogen (secondary N) is 2. The minimum atomic E-state index is -3.66. The van der Waals surface area contributed by atoms with Gasteiger partial charge in [-0.3, -0.25) is 14.9 Å². The van der Waals surface area contributed by atoms with E-state index in [1.54, 1.807) is 20.8 Å². The second-order valence-electron chi connectivity index (χ2n) is 7.83. The van der Waals surface area contributed by atoms with E-state index in [2.05, 4.69) is 10.6 Å². The Bertz CT molecular complexity index is 1170. The van der Waals surface area contributed by atoms with Crippen LogP contribution in [0.25, 0.3) is 0 Å². The number of hydrogen-bond acceptors (Lipinski definition) is 7. The molecule has 0 aliphatic heterocycles. The summed E-state index contributed by atoms with van der Waals surface area (Å²) < 4.78 is 31.3. The van der Waals surface area contributed by atoms with Gasteiger partial charge in [0, 0.05) is 23.5 Å². The van der Waals surface area contributed by atoms with Crippen LogP contribution in [0.1, 0.15) is 58.3 Å². The first-order valence-electron chi connectivity index (χ1n) is 10.6. The number of fused-ring (bicyclic) bond motifs is 1. The lowest BCUT2D eigenvalue weighted by Gasteiger charge is -2.21. The lowest BCUT2D eigenvalue weighted by molar-refractivity contribution is 0.0925. The van der Waals surface area contributed by atoms with Gasteiger partial charge in [0.25, 0.3) is 11.8 Å². The Morgan fingerprint density at radius 1 is 1.12 bits per heavy atom. The zero-order valence-corrected chi connectivity index (χ0v) is 20.6. The topological polar surface area (TPSA) is 122 Å². The van der Waals surface area contributed by atoms with E-state index in [1.165, 1.54) is 47.0 Å². The Balaban J connectivity index is 1.82. The molecule has 0 saturated heterocycles. The van der Waals surface area contributed by atoms with Gasteiger partial charge in [-0.25, -0.2) is 13.2 Å². The van der Waals surface area contributed by atoms with Crippen LogP contribution in [0.2, 0.25) is 0 Å². The fourth-order valence-corrected chi connectivity index (χ4v) is 6.10. The number of rotatable bonds is 7. The van der Waals surface area contributed by atoms with Crippen molar-refractivity contribution in [2.45, 2.75) is 51.0 Å². The number of amides is 3. The first-order valence-corrected chi connectivity index (χ1v) is 12.8. The van der Waals surface area contributed by atoms with Gasteiger partial charge in [0.05, 0.1) is 17.1 Å². The van der Waals surface area contributed by atoms with Gasteiger partial charge in [0.15, 0.2) is 0 Å². The summed E-state index contributed by atoms with van der Waals surface area (Å²) in [6.07, 6.45) is 1.53. The molecular weight excluding hydrogens is 466 g/mol. The highest BCUT2D eigenvalue weighted by molar-refractivity contribution is 7.89. The molecule has 0 radical (unpaired) electrons. The fourth-order valence-electron chi connectivity index (χ4n) is 3.45. The second kappa shape index (κ2) is 10.0. The van der Waals surface area contributed by atoms with Crippen molar-refractivity contribution in [2.75, 3.05) is 19.0 Å². The molecular formula is C22H27N3O6S2. The largest absolute Gasteiger partial charge is 0.450 e. The molecule has 11 heteroatoms. The number of hydrogen-bond donors (Lipinski definition) is 2. The molecule has 1 aliphatic rings. The minimum Gasteiger partial charge on any atom is -0.450 e. The van der Waals surface area contributed by atoms with Gasteiger partial charge < -0.3 is 10.1 Å². The zero-order chi connectivity index (χ0) is 24.3. The van der Waals surface area contributed by atoms with Crippen molar-refractivity contribution < 1.29 is 27.5 Å². The van der Waals surface area contributed by atoms with Crippen molar-refractivity contribution in [3.63, 3.8) is 0 Å². The monoisotopic (exact) mass is 493 g/mol. The van der Waals surface area contributed by atoms with Crippen LogP contribution >= 0.6 is 11.3 Å². The first-order chi connectivity index (χ1) is 15.6. The SMILES string of the molecule is CCOC(=O)NC(=O)c1c(NC(=O)c2ccc(S(=O)(=O)N(C)C(C)C)cc2)sc2c1CCC2. The van der Waals surface area contributed by atoms with Gasteiger partial charge in [0.2, 0.25) is 10.0 Å². The summed E-state index contributed by atoms with van der Waals surface area (Å²) in [6, 6.07) is 5.40. The van der Waals surface area contributed by atoms with Gasteiger partial charge in [-0.1, -0.05) is 0 Å². The van der Waals surface area contributed by atoms with E-state index in [0.29, 0.717) is 11.4 Å². The molecule has 178 valence electrons. The number of carbonyl (C=O) groups excluding carboxylic acids is 3. The van der Waals surface area contributed by atoms with Crippen molar-refractivity contribution in [2.24, 2.45) is 0 Å². The Kier molecular flexibility index (Phi) is 7.55. The highest BCUT2D eigenvalue weighted by Gasteiger charge is 2.29. The average molecular weight is 494 g/mol. The van der Waals surface area contributed by atoms with E-state index in [-0.39, 0.29) is 28.7 Å². The molecule has 2 aromatic rings. The number of thiophene rings is 1. The molecule has 33 heavy (non-hydrogen) atoms. The molecule has 0 atom stereocenters. The van der Waals surface area contributed by atoms with Crippen molar-refractivity contribution in [3.8, 4) is 0 Å². The maximum atomic E-state index is 12.9. The predicted molar refractivity (Wildman–Crippen MR) is 125 cm³/mol. The summed E-state index contributed by atoms with van der Waals surface area (Å²) in [4.78, 5) is 38.4. The highest BCUT2D eigenvalue weighted by atomic mass is 32.2. The number of anilines is 1. The van der Waals surface area contributed by atoms with Gasteiger partial charge in [-0.05, 0) is 69.9 Å². The maximum Gasteiger partial charge on any atom is 0.414 e. The number of sulfonamides is 1. The van der Waals surface area contributed by atoms with E-state index >= 15 is 0 Å². The van der Waals surface area contributed by atoms with Crippen molar-refractivity contribution in [1.82, 2.24) is 9.62 Å². The smallest absolute Gasteiger partial charge is 0.414 e. The number of imide groups is 1. The van der Waals surface area contributed by atoms with Crippen molar-refractivity contribution in [1.29, 1.82) is 0 Å². The van der Waals surface area contributed by atoms with Crippen LogP contribution in [-0.2, 0) is 27.6 Å². The van der Waals surface area contributed by atoms with Crippen LogP contribution in [0.15, 0.2) is 29.2 Å². The number of carbonyl (C=O) groups is 3. The Hall–Kier alpha value is -2.76. The molecule has 0 fully saturated rings. The molecule has 0 bridgehead atoms. The van der Waals surface area contributed by atoms with Crippen LogP contribution in [0.4, 0.5) is 9.80 Å². The molecule has 3 rings (SSSR count). The lowest BCUT2D eigenvalue weighted by Crippen LogP contribution is -2.33. The van der Waals surface area contributed by atoms with Crippen LogP contribution in [-0.4, -0.2) is 50.3 Å². The Morgan fingerprint density at radius 2 is 1.79 bits per heavy atom. The van der Waals surface area contributed by atoms with Crippen LogP contribution in [0, 0.1) is 0 Å². The summed E-state index contributed by atoms with van der Waals surface area (Å²) in [7, 11) is -2.17. The second-order valence-corrected chi connectivity index (χ2v) is 10.9. The molecule has 1 heterocycles. The molecule has 0 spiro atoms. The molecule has 0 saturated carbocycles. The Morgan fingerprint density at radius 3 is 2.39 bits per heavy atom. The van der Waals surface area contributed by atoms with Crippen LogP contribution in [0.3, 0.4) is 0 Å². The van der Waals surface area contributed by atoms with Crippen LogP contribution in [0.5, 0.6) is 0 Å². The summed E-state index contributed by atoms with van der Waals surface area (Å²) in [5, 5.41) is 5.29. The molecule has 1 aliphatic carbocycles. The normalized spacial score (nSPS) is 13.2. The zero-order valence-electron chi connectivity index (χ0n) is 18.9. The molecule has 9 nitrogen and oxygen atoms in total. The van der Waals surface area contributed by atoms with Gasteiger partial charge in [-0.15, -0.1) is 11.3 Å². The van der Waals surface area contributed by atoms with Gasteiger partial charge in [-0.2, -0.15) is 4.31 Å². The number of nitrogens with zero attached hydrogens (tertiary/aromatic N) is 1. The standard InChI is InChI=1S/C22H27N3O6S2/c1-5-31-22(28)24-20(27)18-16-7-6-8-17(16)32-21(18)23-19(26)14-9-11-15(12-10-14)33(29,30)25(4)13(2)3/h9-13H,5-8H2,1-4H3,(H,23,26)(H,24,27,28). The summed E-state index contributed by atoms with van der Waals surface area (Å²) in [5.41, 5.74) is 1.34. The van der Waals surface area contributed by atoms with E-state index in [9.17, 15) is 22.8 Å². The van der Waals surface area contributed by atoms with Gasteiger partial charge >= 0.3 is 6.09 Å². The highest BCUT2D eigenvalue weighted by Crippen LogP contribution is 2.39. The van der Waals surface area contributed by atoms with Gasteiger partial charge in [0.1, 0.15) is 5.00 Å². The predicted octanol–water partition coefficient (Wildman–Crippen LogP) is 3.40. The van der Waals surface area contributed by atoms with Crippen molar-refractivity contribution >= 4 is 44.3 Å². The third-order valence-corrected chi connectivity index (χ3v) is 8.64. The number of benzene rings is 1. The first kappa shape index (κ1) is 24.9. The van der Waals surface area contributed by atoms with E-state index in [0.717, 1.165) is 23.3 Å². The van der Waals surface area contributed by atoms with Crippen LogP contribution < -0.4 is 10.6 Å². The average Bonchev–Trinajstić information content (AvgIpc) is 3.33. The molecule has 3 amide bonds.